The van der Waals surface area contributed by atoms with Crippen LogP contribution in [0.1, 0.15) is 24.6 Å². The Kier molecular flexibility index (Phi) is 4.13. The minimum absolute atomic E-state index is 0.0642. The highest BCUT2D eigenvalue weighted by atomic mass is 19.4. The van der Waals surface area contributed by atoms with E-state index in [1.807, 2.05) is 6.92 Å². The lowest BCUT2D eigenvalue weighted by molar-refractivity contribution is -0.135. The fourth-order valence-electron chi connectivity index (χ4n) is 2.57. The van der Waals surface area contributed by atoms with Crippen LogP contribution in [0.2, 0.25) is 0 Å². The van der Waals surface area contributed by atoms with E-state index in [0.717, 1.165) is 6.07 Å². The van der Waals surface area contributed by atoms with Crippen LogP contribution in [0, 0.1) is 6.57 Å². The van der Waals surface area contributed by atoms with E-state index in [4.69, 9.17) is 12.3 Å². The summed E-state index contributed by atoms with van der Waals surface area (Å²) in [6, 6.07) is 3.96. The molecule has 0 bridgehead atoms. The van der Waals surface area contributed by atoms with E-state index in [0.29, 0.717) is 18.5 Å². The van der Waals surface area contributed by atoms with E-state index in [2.05, 4.69) is 4.85 Å². The lowest BCUT2D eigenvalue weighted by Crippen LogP contribution is -2.20. The van der Waals surface area contributed by atoms with Gasteiger partial charge in [-0.25, -0.2) is 4.85 Å². The minimum atomic E-state index is -4.64. The Morgan fingerprint density at radius 1 is 1.41 bits per heavy atom. The van der Waals surface area contributed by atoms with Gasteiger partial charge in [-0.1, -0.05) is 19.4 Å². The molecule has 7 heteroatoms. The number of nitrogens with two attached hydrogens (primary N) is 1. The van der Waals surface area contributed by atoms with E-state index in [-0.39, 0.29) is 17.4 Å². The highest BCUT2D eigenvalue weighted by Crippen LogP contribution is 2.42. The summed E-state index contributed by atoms with van der Waals surface area (Å²) in [5, 5.41) is -0.0642. The third-order valence-corrected chi connectivity index (χ3v) is 3.37. The van der Waals surface area contributed by atoms with Gasteiger partial charge >= 0.3 is 6.18 Å². The molecule has 0 spiro atoms. The lowest BCUT2D eigenvalue weighted by atomic mass is 10.1. The van der Waals surface area contributed by atoms with E-state index < -0.39 is 23.3 Å². The zero-order valence-corrected chi connectivity index (χ0v) is 11.9. The molecule has 2 aromatic rings. The second-order valence-corrected chi connectivity index (χ2v) is 4.94. The fourth-order valence-corrected chi connectivity index (χ4v) is 2.57. The van der Waals surface area contributed by atoms with Gasteiger partial charge in [0.1, 0.15) is 6.54 Å². The first-order chi connectivity index (χ1) is 10.3. The first-order valence-electron chi connectivity index (χ1n) is 6.67. The summed E-state index contributed by atoms with van der Waals surface area (Å²) >= 11 is 0. The monoisotopic (exact) mass is 309 g/mol. The van der Waals surface area contributed by atoms with Crippen LogP contribution in [-0.4, -0.2) is 10.5 Å². The third kappa shape index (κ3) is 2.77. The molecule has 1 aromatic heterocycles. The average molecular weight is 309 g/mol. The number of benzene rings is 1. The maximum Gasteiger partial charge on any atom is 0.408 e. The van der Waals surface area contributed by atoms with Crippen molar-refractivity contribution in [2.24, 2.45) is 5.73 Å². The van der Waals surface area contributed by atoms with Crippen molar-refractivity contribution in [1.82, 2.24) is 4.57 Å². The summed E-state index contributed by atoms with van der Waals surface area (Å²) in [4.78, 5) is 14.2. The van der Waals surface area contributed by atoms with E-state index in [9.17, 15) is 18.0 Å². The third-order valence-electron chi connectivity index (χ3n) is 3.37. The van der Waals surface area contributed by atoms with Gasteiger partial charge in [0, 0.05) is 16.6 Å². The first kappa shape index (κ1) is 15.9. The van der Waals surface area contributed by atoms with Gasteiger partial charge in [-0.2, -0.15) is 13.2 Å². The number of aromatic nitrogens is 1. The van der Waals surface area contributed by atoms with Crippen molar-refractivity contribution in [2.75, 3.05) is 0 Å². The summed E-state index contributed by atoms with van der Waals surface area (Å²) in [6.45, 7) is 8.64. The molecular weight excluding hydrogens is 295 g/mol. The van der Waals surface area contributed by atoms with Crippen LogP contribution >= 0.6 is 0 Å². The van der Waals surface area contributed by atoms with E-state index in [1.165, 1.54) is 16.7 Å². The standard InChI is InChI=1S/C15H14F3N3O/c1-3-4-9-7-10-12(21(9)8-13(19)22)6-5-11(20-2)14(10)15(16,17)18/h5-7H,3-4,8H2,1H3,(H2,19,22). The fraction of sp³-hybridized carbons (Fsp3) is 0.333. The molecule has 0 aliphatic rings. The number of fused-ring (bicyclic) bond motifs is 1. The molecule has 2 N–H and O–H groups in total. The molecule has 0 fully saturated rings. The maximum absolute atomic E-state index is 13.3. The van der Waals surface area contributed by atoms with Gasteiger partial charge in [-0.15, -0.1) is 0 Å². The Bertz CT molecular complexity index is 769. The largest absolute Gasteiger partial charge is 0.408 e. The number of primary amides is 1. The first-order valence-corrected chi connectivity index (χ1v) is 6.67. The van der Waals surface area contributed by atoms with Gasteiger partial charge in [-0.3, -0.25) is 4.79 Å². The number of hydrogen-bond donors (Lipinski definition) is 1. The minimum Gasteiger partial charge on any atom is -0.368 e. The Morgan fingerprint density at radius 2 is 2.09 bits per heavy atom. The summed E-state index contributed by atoms with van der Waals surface area (Å²) in [7, 11) is 0. The van der Waals surface area contributed by atoms with Gasteiger partial charge in [-0.05, 0) is 18.6 Å². The molecule has 0 unspecified atom stereocenters. The van der Waals surface area contributed by atoms with Crippen LogP contribution in [0.3, 0.4) is 0 Å². The topological polar surface area (TPSA) is 52.4 Å². The summed E-state index contributed by atoms with van der Waals surface area (Å²) in [5.41, 5.74) is 4.65. The van der Waals surface area contributed by atoms with Gasteiger partial charge < -0.3 is 10.3 Å². The Labute approximate surface area is 125 Å². The van der Waals surface area contributed by atoms with Gasteiger partial charge in [0.05, 0.1) is 12.1 Å². The number of amides is 1. The molecule has 4 nitrogen and oxygen atoms in total. The Morgan fingerprint density at radius 3 is 2.59 bits per heavy atom. The van der Waals surface area contributed by atoms with Gasteiger partial charge in [0.2, 0.25) is 5.91 Å². The smallest absolute Gasteiger partial charge is 0.368 e. The number of alkyl halides is 3. The van der Waals surface area contributed by atoms with Crippen molar-refractivity contribution >= 4 is 22.5 Å². The van der Waals surface area contributed by atoms with Crippen LogP contribution < -0.4 is 5.73 Å². The molecule has 0 radical (unpaired) electrons. The van der Waals surface area contributed by atoms with Crippen LogP contribution in [0.5, 0.6) is 0 Å². The molecule has 0 aliphatic carbocycles. The predicted octanol–water partition coefficient (Wildman–Crippen LogP) is 3.65. The lowest BCUT2D eigenvalue weighted by Gasteiger charge is -2.11. The maximum atomic E-state index is 13.3. The average Bonchev–Trinajstić information content (AvgIpc) is 2.74. The van der Waals surface area contributed by atoms with Crippen molar-refractivity contribution < 1.29 is 18.0 Å². The van der Waals surface area contributed by atoms with Crippen LogP contribution in [-0.2, 0) is 23.9 Å². The van der Waals surface area contributed by atoms with Crippen LogP contribution in [0.15, 0.2) is 18.2 Å². The second-order valence-electron chi connectivity index (χ2n) is 4.94. The predicted molar refractivity (Wildman–Crippen MR) is 76.4 cm³/mol. The highest BCUT2D eigenvalue weighted by molar-refractivity contribution is 5.91. The molecular formula is C15H14F3N3O. The van der Waals surface area contributed by atoms with E-state index in [1.54, 1.807) is 0 Å². The van der Waals surface area contributed by atoms with Crippen molar-refractivity contribution in [3.8, 4) is 0 Å². The van der Waals surface area contributed by atoms with Crippen LogP contribution in [0.4, 0.5) is 18.9 Å². The zero-order chi connectivity index (χ0) is 16.5. The molecule has 0 saturated carbocycles. The van der Waals surface area contributed by atoms with Crippen molar-refractivity contribution in [3.63, 3.8) is 0 Å². The number of halogens is 3. The Balaban J connectivity index is 2.83. The molecule has 0 aliphatic heterocycles. The molecule has 2 rings (SSSR count). The number of hydrogen-bond acceptors (Lipinski definition) is 1. The molecule has 0 atom stereocenters. The number of carbonyl (C=O) groups is 1. The number of nitrogens with zero attached hydrogens (tertiary/aromatic N) is 2. The van der Waals surface area contributed by atoms with Gasteiger partial charge in [0.15, 0.2) is 5.69 Å². The molecule has 1 heterocycles. The molecule has 1 aromatic carbocycles. The quantitative estimate of drug-likeness (QED) is 0.861. The molecule has 116 valence electrons. The SMILES string of the molecule is [C-]#[N+]c1ccc2c(cc(CCC)n2CC(N)=O)c1C(F)(F)F. The molecule has 0 saturated heterocycles. The normalized spacial score (nSPS) is 11.6. The van der Waals surface area contributed by atoms with E-state index >= 15 is 0 Å². The number of aryl methyl sites for hydroxylation is 1. The Hall–Kier alpha value is -2.49. The molecule has 22 heavy (non-hydrogen) atoms. The van der Waals surface area contributed by atoms with Crippen molar-refractivity contribution in [1.29, 1.82) is 0 Å². The summed E-state index contributed by atoms with van der Waals surface area (Å²) in [5.74, 6) is -0.627. The van der Waals surface area contributed by atoms with Crippen LogP contribution in [0.25, 0.3) is 15.7 Å². The zero-order valence-electron chi connectivity index (χ0n) is 11.9. The number of rotatable bonds is 4. The van der Waals surface area contributed by atoms with Crippen molar-refractivity contribution in [2.45, 2.75) is 32.5 Å². The number of carbonyl (C=O) groups excluding carboxylic acids is 1. The highest BCUT2D eigenvalue weighted by Gasteiger charge is 2.36. The summed E-state index contributed by atoms with van der Waals surface area (Å²) < 4.78 is 41.4. The van der Waals surface area contributed by atoms with Crippen molar-refractivity contribution in [3.05, 3.63) is 40.9 Å². The molecule has 1 amide bonds. The van der Waals surface area contributed by atoms with Gasteiger partial charge in [0.25, 0.3) is 0 Å². The second kappa shape index (κ2) is 5.72. The summed E-state index contributed by atoms with van der Waals surface area (Å²) in [6.07, 6.45) is -3.40.